The van der Waals surface area contributed by atoms with Crippen molar-refractivity contribution >= 4 is 26.8 Å². The molecular weight excluding hydrogens is 537 g/mol. The third-order valence-corrected chi connectivity index (χ3v) is 12.2. The number of benzene rings is 3. The van der Waals surface area contributed by atoms with Gasteiger partial charge >= 0.3 is 0 Å². The van der Waals surface area contributed by atoms with Gasteiger partial charge in [-0.1, -0.05) is 84.0 Å². The molecule has 0 N–H and O–H groups in total. The molecule has 0 saturated heterocycles. The second-order valence-corrected chi connectivity index (χ2v) is 15.9. The lowest BCUT2D eigenvalue weighted by Gasteiger charge is -2.37. The first kappa shape index (κ1) is 30.5. The minimum absolute atomic E-state index is 0.0248. The lowest BCUT2D eigenvalue weighted by molar-refractivity contribution is -0.128. The molecule has 0 amide bonds. The first-order chi connectivity index (χ1) is 18.7. The summed E-state index contributed by atoms with van der Waals surface area (Å²) < 4.78 is 32.7. The Balaban J connectivity index is 0.000000210. The van der Waals surface area contributed by atoms with E-state index in [1.807, 2.05) is 13.8 Å². The molecule has 0 heterocycles. The maximum Gasteiger partial charge on any atom is 0.166 e. The summed E-state index contributed by atoms with van der Waals surface area (Å²) in [7, 11) is -4.38. The van der Waals surface area contributed by atoms with Gasteiger partial charge in [-0.15, -0.1) is 0 Å². The number of hydrogen-bond acceptors (Lipinski definition) is 4. The van der Waals surface area contributed by atoms with Crippen LogP contribution in [0.2, 0.25) is 0 Å². The Labute approximate surface area is 243 Å². The standard InChI is InChI=1S/C24H27S.C10H16O4S/c1-18(2)20-10-14-23(15-11-20)25(22-8-6-5-7-9-22)24-16-12-21(13-17-24)19(3)4;1-9(2)7-3-4-10(9,8(11)5-7)6-15(12,13)14/h5-19H,1-4H3;7H,3-6H2,1-2H3,(H,12,13,14)/q+1;/p-1. The molecule has 0 radical (unpaired) electrons. The molecule has 2 saturated carbocycles. The SMILES string of the molecule is CC(C)c1ccc([S+](c2ccccc2)c2ccc(C(C)C)cc2)cc1.CC1(C)C2CCC1(CS(=O)(=O)[O-])C(=O)C2. The Morgan fingerprint density at radius 3 is 1.60 bits per heavy atom. The lowest BCUT2D eigenvalue weighted by Crippen LogP contribution is -2.42. The van der Waals surface area contributed by atoms with Crippen LogP contribution in [0.1, 0.15) is 83.8 Å². The van der Waals surface area contributed by atoms with E-state index < -0.39 is 21.3 Å². The molecule has 2 aliphatic carbocycles. The van der Waals surface area contributed by atoms with E-state index in [0.717, 1.165) is 6.42 Å². The van der Waals surface area contributed by atoms with Crippen LogP contribution in [0, 0.1) is 16.7 Å². The molecule has 3 aromatic carbocycles. The van der Waals surface area contributed by atoms with Crippen molar-refractivity contribution < 1.29 is 17.8 Å². The fourth-order valence-electron chi connectivity index (χ4n) is 6.35. The highest BCUT2D eigenvalue weighted by Gasteiger charge is 2.64. The molecule has 6 heteroatoms. The zero-order valence-electron chi connectivity index (χ0n) is 24.5. The topological polar surface area (TPSA) is 74.3 Å². The first-order valence-electron chi connectivity index (χ1n) is 14.2. The van der Waals surface area contributed by atoms with Crippen LogP contribution in [-0.4, -0.2) is 24.5 Å². The highest BCUT2D eigenvalue weighted by molar-refractivity contribution is 7.97. The average molecular weight is 579 g/mol. The molecule has 2 bridgehead atoms. The largest absolute Gasteiger partial charge is 0.748 e. The lowest BCUT2D eigenvalue weighted by atomic mass is 9.70. The molecular formula is C34H42O4S2. The van der Waals surface area contributed by atoms with E-state index in [0.29, 0.717) is 24.7 Å². The summed E-state index contributed by atoms with van der Waals surface area (Å²) >= 11 is 0. The minimum Gasteiger partial charge on any atom is -0.748 e. The molecule has 2 atom stereocenters. The predicted octanol–water partition coefficient (Wildman–Crippen LogP) is 7.96. The highest BCUT2D eigenvalue weighted by Crippen LogP contribution is 2.64. The van der Waals surface area contributed by atoms with Crippen LogP contribution in [0.4, 0.5) is 0 Å². The Hall–Kier alpha value is -2.41. The molecule has 4 nitrogen and oxygen atoms in total. The van der Waals surface area contributed by atoms with Gasteiger partial charge in [-0.05, 0) is 83.5 Å². The molecule has 40 heavy (non-hydrogen) atoms. The van der Waals surface area contributed by atoms with Gasteiger partial charge in [-0.25, -0.2) is 8.42 Å². The average Bonchev–Trinajstić information content (AvgIpc) is 3.24. The van der Waals surface area contributed by atoms with E-state index >= 15 is 0 Å². The van der Waals surface area contributed by atoms with E-state index in [1.54, 1.807) is 0 Å². The number of fused-ring (bicyclic) bond motifs is 2. The molecule has 214 valence electrons. The van der Waals surface area contributed by atoms with Gasteiger partial charge < -0.3 is 4.55 Å². The van der Waals surface area contributed by atoms with Gasteiger partial charge in [0.15, 0.2) is 14.7 Å². The van der Waals surface area contributed by atoms with Gasteiger partial charge in [0.05, 0.1) is 26.8 Å². The number of rotatable bonds is 7. The molecule has 5 rings (SSSR count). The molecule has 3 aromatic rings. The number of Topliss-reactive ketones (excluding diaryl/α,β-unsaturated/α-hetero) is 1. The van der Waals surface area contributed by atoms with Gasteiger partial charge in [-0.3, -0.25) is 4.79 Å². The normalized spacial score (nSPS) is 21.6. The van der Waals surface area contributed by atoms with Crippen LogP contribution in [0.3, 0.4) is 0 Å². The van der Waals surface area contributed by atoms with E-state index in [9.17, 15) is 17.8 Å². The summed E-state index contributed by atoms with van der Waals surface area (Å²) in [6, 6.07) is 29.2. The van der Waals surface area contributed by atoms with Gasteiger partial charge in [-0.2, -0.15) is 0 Å². The minimum atomic E-state index is -4.33. The van der Waals surface area contributed by atoms with E-state index in [1.165, 1.54) is 25.8 Å². The van der Waals surface area contributed by atoms with Gasteiger partial charge in [0.1, 0.15) is 5.78 Å². The summed E-state index contributed by atoms with van der Waals surface area (Å²) in [5.41, 5.74) is 1.57. The van der Waals surface area contributed by atoms with Crippen molar-refractivity contribution in [3.63, 3.8) is 0 Å². The van der Waals surface area contributed by atoms with Crippen LogP contribution in [-0.2, 0) is 25.8 Å². The fourth-order valence-corrected chi connectivity index (χ4v) is 9.70. The van der Waals surface area contributed by atoms with Crippen LogP contribution < -0.4 is 0 Å². The summed E-state index contributed by atoms with van der Waals surface area (Å²) in [5, 5.41) is 0. The highest BCUT2D eigenvalue weighted by atomic mass is 32.2. The summed E-state index contributed by atoms with van der Waals surface area (Å²) in [4.78, 5) is 16.0. The monoisotopic (exact) mass is 578 g/mol. The summed E-state index contributed by atoms with van der Waals surface area (Å²) in [6.07, 6.45) is 1.88. The van der Waals surface area contributed by atoms with Crippen LogP contribution in [0.25, 0.3) is 0 Å². The quantitative estimate of drug-likeness (QED) is 0.211. The van der Waals surface area contributed by atoms with Crippen LogP contribution in [0.5, 0.6) is 0 Å². The maximum absolute atomic E-state index is 11.8. The van der Waals surface area contributed by atoms with Crippen molar-refractivity contribution in [2.75, 3.05) is 5.75 Å². The molecule has 0 aromatic heterocycles. The zero-order chi connectivity index (χ0) is 29.3. The van der Waals surface area contributed by atoms with Crippen molar-refractivity contribution in [1.29, 1.82) is 0 Å². The Bertz CT molecular complexity index is 1360. The predicted molar refractivity (Wildman–Crippen MR) is 163 cm³/mol. The Kier molecular flexibility index (Phi) is 9.03. The number of ketones is 1. The van der Waals surface area contributed by atoms with E-state index in [2.05, 4.69) is 107 Å². The summed E-state index contributed by atoms with van der Waals surface area (Å²) in [5.74, 6) is 0.855. The molecule has 0 aliphatic heterocycles. The Morgan fingerprint density at radius 1 is 0.800 bits per heavy atom. The molecule has 2 aliphatic rings. The molecule has 0 spiro atoms. The Morgan fingerprint density at radius 2 is 1.25 bits per heavy atom. The second-order valence-electron chi connectivity index (χ2n) is 12.4. The third kappa shape index (κ3) is 6.24. The van der Waals surface area contributed by atoms with Crippen molar-refractivity contribution in [3.05, 3.63) is 90.0 Å². The maximum atomic E-state index is 11.8. The second kappa shape index (κ2) is 11.8. The van der Waals surface area contributed by atoms with Crippen molar-refractivity contribution in [3.8, 4) is 0 Å². The van der Waals surface area contributed by atoms with Crippen molar-refractivity contribution in [2.24, 2.45) is 16.7 Å². The molecule has 2 fully saturated rings. The van der Waals surface area contributed by atoms with Gasteiger partial charge in [0, 0.05) is 11.8 Å². The van der Waals surface area contributed by atoms with Crippen molar-refractivity contribution in [1.82, 2.24) is 0 Å². The number of hydrogen-bond donors (Lipinski definition) is 0. The first-order valence-corrected chi connectivity index (χ1v) is 17.0. The number of carbonyl (C=O) groups excluding carboxylic acids is 1. The van der Waals surface area contributed by atoms with E-state index in [-0.39, 0.29) is 28.0 Å². The fraction of sp³-hybridized carbons (Fsp3) is 0.441. The third-order valence-electron chi connectivity index (χ3n) is 9.11. The summed E-state index contributed by atoms with van der Waals surface area (Å²) in [6.45, 7) is 12.8. The van der Waals surface area contributed by atoms with Crippen molar-refractivity contribution in [2.45, 2.75) is 87.3 Å². The van der Waals surface area contributed by atoms with Crippen LogP contribution in [0.15, 0.2) is 93.5 Å². The smallest absolute Gasteiger partial charge is 0.166 e. The number of carbonyl (C=O) groups is 1. The van der Waals surface area contributed by atoms with Crippen LogP contribution >= 0.6 is 0 Å². The molecule has 2 unspecified atom stereocenters. The van der Waals surface area contributed by atoms with Gasteiger partial charge in [0.25, 0.3) is 0 Å². The zero-order valence-corrected chi connectivity index (χ0v) is 26.1. The van der Waals surface area contributed by atoms with Gasteiger partial charge in [0.2, 0.25) is 0 Å². The van der Waals surface area contributed by atoms with E-state index in [4.69, 9.17) is 0 Å².